The number of hydrogen-bond acceptors (Lipinski definition) is 4. The van der Waals surface area contributed by atoms with Crippen LogP contribution in [0.4, 0.5) is 5.69 Å². The molecule has 1 aliphatic heterocycles. The molecule has 1 aromatic carbocycles. The minimum Gasteiger partial charge on any atom is -0.493 e. The molecule has 0 radical (unpaired) electrons. The van der Waals surface area contributed by atoms with Crippen LogP contribution in [0.15, 0.2) is 41.3 Å². The van der Waals surface area contributed by atoms with Gasteiger partial charge in [0.2, 0.25) is 0 Å². The van der Waals surface area contributed by atoms with Crippen LogP contribution < -0.4 is 15.6 Å². The van der Waals surface area contributed by atoms with Gasteiger partial charge in [0.25, 0.3) is 5.56 Å². The molecule has 1 N–H and O–H groups in total. The van der Waals surface area contributed by atoms with E-state index >= 15 is 0 Å². The average molecular weight is 271 g/mol. The SMILES string of the molecule is CNc1cnn(CC2CCOc3ccccc32)c(=O)c1. The zero-order valence-electron chi connectivity index (χ0n) is 11.4. The summed E-state index contributed by atoms with van der Waals surface area (Å²) in [5.41, 5.74) is 1.81. The Hall–Kier alpha value is -2.30. The molecule has 0 fully saturated rings. The van der Waals surface area contributed by atoms with E-state index in [0.717, 1.165) is 23.4 Å². The number of ether oxygens (including phenoxy) is 1. The summed E-state index contributed by atoms with van der Waals surface area (Å²) in [5.74, 6) is 1.19. The van der Waals surface area contributed by atoms with Gasteiger partial charge in [0.05, 0.1) is 25.0 Å². The zero-order chi connectivity index (χ0) is 13.9. The van der Waals surface area contributed by atoms with Crippen molar-refractivity contribution < 1.29 is 4.74 Å². The van der Waals surface area contributed by atoms with Gasteiger partial charge < -0.3 is 10.1 Å². The molecule has 0 amide bonds. The lowest BCUT2D eigenvalue weighted by atomic mass is 9.93. The predicted octanol–water partition coefficient (Wildman–Crippen LogP) is 1.85. The van der Waals surface area contributed by atoms with Gasteiger partial charge in [-0.15, -0.1) is 0 Å². The fourth-order valence-electron chi connectivity index (χ4n) is 2.52. The molecular formula is C15H17N3O2. The van der Waals surface area contributed by atoms with Crippen molar-refractivity contribution in [2.24, 2.45) is 0 Å². The summed E-state index contributed by atoms with van der Waals surface area (Å²) in [7, 11) is 1.77. The van der Waals surface area contributed by atoms with E-state index in [2.05, 4.69) is 16.5 Å². The third-order valence-electron chi connectivity index (χ3n) is 3.63. The van der Waals surface area contributed by atoms with E-state index in [1.807, 2.05) is 18.2 Å². The molecule has 104 valence electrons. The van der Waals surface area contributed by atoms with Gasteiger partial charge in [-0.3, -0.25) is 4.79 Å². The number of nitrogens with one attached hydrogen (secondary N) is 1. The minimum absolute atomic E-state index is 0.0826. The van der Waals surface area contributed by atoms with E-state index in [4.69, 9.17) is 4.74 Å². The monoisotopic (exact) mass is 271 g/mol. The van der Waals surface area contributed by atoms with Crippen LogP contribution in [0.1, 0.15) is 17.9 Å². The van der Waals surface area contributed by atoms with Crippen molar-refractivity contribution in [3.63, 3.8) is 0 Å². The number of fused-ring (bicyclic) bond motifs is 1. The number of aromatic nitrogens is 2. The van der Waals surface area contributed by atoms with Crippen molar-refractivity contribution in [1.29, 1.82) is 0 Å². The lowest BCUT2D eigenvalue weighted by molar-refractivity contribution is 0.255. The highest BCUT2D eigenvalue weighted by molar-refractivity contribution is 5.39. The first kappa shape index (κ1) is 12.7. The van der Waals surface area contributed by atoms with E-state index in [0.29, 0.717) is 13.2 Å². The van der Waals surface area contributed by atoms with E-state index in [-0.39, 0.29) is 11.5 Å². The van der Waals surface area contributed by atoms with Crippen molar-refractivity contribution in [2.75, 3.05) is 19.0 Å². The summed E-state index contributed by atoms with van der Waals surface area (Å²) in [6.45, 7) is 1.27. The second kappa shape index (κ2) is 5.36. The van der Waals surface area contributed by atoms with Gasteiger partial charge in [-0.2, -0.15) is 5.10 Å². The van der Waals surface area contributed by atoms with Crippen LogP contribution in [0.25, 0.3) is 0 Å². The molecule has 0 saturated heterocycles. The first-order chi connectivity index (χ1) is 9.78. The maximum Gasteiger partial charge on any atom is 0.268 e. The number of hydrogen-bond donors (Lipinski definition) is 1. The molecule has 20 heavy (non-hydrogen) atoms. The Kier molecular flexibility index (Phi) is 3.41. The molecule has 1 aliphatic rings. The Morgan fingerprint density at radius 3 is 3.10 bits per heavy atom. The lowest BCUT2D eigenvalue weighted by Crippen LogP contribution is -2.27. The molecule has 0 saturated carbocycles. The second-order valence-corrected chi connectivity index (χ2v) is 4.89. The van der Waals surface area contributed by atoms with Gasteiger partial charge >= 0.3 is 0 Å². The fourth-order valence-corrected chi connectivity index (χ4v) is 2.52. The van der Waals surface area contributed by atoms with Crippen molar-refractivity contribution in [3.8, 4) is 5.75 Å². The number of benzene rings is 1. The van der Waals surface area contributed by atoms with Crippen LogP contribution in [0.3, 0.4) is 0 Å². The Morgan fingerprint density at radius 1 is 1.45 bits per heavy atom. The zero-order valence-corrected chi connectivity index (χ0v) is 11.4. The molecule has 3 rings (SSSR count). The Balaban J connectivity index is 1.88. The molecule has 1 atom stereocenters. The molecule has 2 aromatic rings. The first-order valence-corrected chi connectivity index (χ1v) is 6.74. The number of anilines is 1. The normalized spacial score (nSPS) is 17.1. The number of rotatable bonds is 3. The largest absolute Gasteiger partial charge is 0.493 e. The van der Waals surface area contributed by atoms with Gasteiger partial charge in [-0.1, -0.05) is 18.2 Å². The van der Waals surface area contributed by atoms with Crippen molar-refractivity contribution in [3.05, 3.63) is 52.4 Å². The van der Waals surface area contributed by atoms with Crippen molar-refractivity contribution in [2.45, 2.75) is 18.9 Å². The molecule has 5 nitrogen and oxygen atoms in total. The smallest absolute Gasteiger partial charge is 0.268 e. The summed E-state index contributed by atoms with van der Waals surface area (Å²) >= 11 is 0. The highest BCUT2D eigenvalue weighted by Gasteiger charge is 2.22. The van der Waals surface area contributed by atoms with Crippen LogP contribution in [0.2, 0.25) is 0 Å². The number of nitrogens with zero attached hydrogens (tertiary/aromatic N) is 2. The topological polar surface area (TPSA) is 56.1 Å². The molecule has 0 spiro atoms. The highest BCUT2D eigenvalue weighted by Crippen LogP contribution is 2.33. The molecule has 0 bridgehead atoms. The standard InChI is InChI=1S/C15H17N3O2/c1-16-12-8-15(19)18(17-9-12)10-11-6-7-20-14-5-3-2-4-13(11)14/h2-5,8-9,11,16H,6-7,10H2,1H3. The summed E-state index contributed by atoms with van der Waals surface area (Å²) in [6.07, 6.45) is 2.57. The molecule has 1 unspecified atom stereocenters. The van der Waals surface area contributed by atoms with Crippen LogP contribution in [0.5, 0.6) is 5.75 Å². The maximum absolute atomic E-state index is 12.0. The lowest BCUT2D eigenvalue weighted by Gasteiger charge is -2.25. The summed E-state index contributed by atoms with van der Waals surface area (Å²) in [5, 5.41) is 7.14. The van der Waals surface area contributed by atoms with E-state index < -0.39 is 0 Å². The first-order valence-electron chi connectivity index (χ1n) is 6.74. The molecule has 0 aliphatic carbocycles. The summed E-state index contributed by atoms with van der Waals surface area (Å²) in [4.78, 5) is 12.0. The van der Waals surface area contributed by atoms with Crippen LogP contribution >= 0.6 is 0 Å². The van der Waals surface area contributed by atoms with Gasteiger partial charge in [0.1, 0.15) is 5.75 Å². The van der Waals surface area contributed by atoms with Gasteiger partial charge in [0, 0.05) is 19.0 Å². The maximum atomic E-state index is 12.0. The minimum atomic E-state index is -0.0826. The Bertz CT molecular complexity index is 666. The molecular weight excluding hydrogens is 254 g/mol. The van der Waals surface area contributed by atoms with E-state index in [1.54, 1.807) is 19.3 Å². The highest BCUT2D eigenvalue weighted by atomic mass is 16.5. The second-order valence-electron chi connectivity index (χ2n) is 4.89. The molecule has 2 heterocycles. The molecule has 1 aromatic heterocycles. The van der Waals surface area contributed by atoms with Crippen LogP contribution in [0, 0.1) is 0 Å². The third kappa shape index (κ3) is 2.39. The van der Waals surface area contributed by atoms with Gasteiger partial charge in [-0.05, 0) is 18.1 Å². The summed E-state index contributed by atoms with van der Waals surface area (Å²) < 4.78 is 7.16. The van der Waals surface area contributed by atoms with Gasteiger partial charge in [-0.25, -0.2) is 4.68 Å². The van der Waals surface area contributed by atoms with Crippen molar-refractivity contribution in [1.82, 2.24) is 9.78 Å². The van der Waals surface area contributed by atoms with E-state index in [1.165, 1.54) is 4.68 Å². The Labute approximate surface area is 117 Å². The Morgan fingerprint density at radius 2 is 2.30 bits per heavy atom. The fraction of sp³-hybridized carbons (Fsp3) is 0.333. The summed E-state index contributed by atoms with van der Waals surface area (Å²) in [6, 6.07) is 9.57. The van der Waals surface area contributed by atoms with E-state index in [9.17, 15) is 4.79 Å². The van der Waals surface area contributed by atoms with Crippen molar-refractivity contribution >= 4 is 5.69 Å². The third-order valence-corrected chi connectivity index (χ3v) is 3.63. The van der Waals surface area contributed by atoms with Crippen LogP contribution in [-0.4, -0.2) is 23.4 Å². The van der Waals surface area contributed by atoms with Crippen LogP contribution in [-0.2, 0) is 6.54 Å². The van der Waals surface area contributed by atoms with Gasteiger partial charge in [0.15, 0.2) is 0 Å². The quantitative estimate of drug-likeness (QED) is 0.925. The molecule has 5 heteroatoms. The predicted molar refractivity (Wildman–Crippen MR) is 77.3 cm³/mol. The number of para-hydroxylation sites is 1. The average Bonchev–Trinajstić information content (AvgIpc) is 2.49.